The van der Waals surface area contributed by atoms with Crippen LogP contribution in [-0.4, -0.2) is 26.0 Å². The minimum absolute atomic E-state index is 0.0166. The van der Waals surface area contributed by atoms with Crippen LogP contribution in [-0.2, 0) is 21.8 Å². The fourth-order valence-electron chi connectivity index (χ4n) is 4.29. The first-order valence-corrected chi connectivity index (χ1v) is 19.1. The Labute approximate surface area is 212 Å². The van der Waals surface area contributed by atoms with Crippen molar-refractivity contribution >= 4 is 53.5 Å². The molecule has 0 fully saturated rings. The summed E-state index contributed by atoms with van der Waals surface area (Å²) in [7, 11) is 7.87. The first kappa shape index (κ1) is 29.8. The summed E-state index contributed by atoms with van der Waals surface area (Å²) >= 11 is 1.36. The van der Waals surface area contributed by atoms with Crippen molar-refractivity contribution in [1.82, 2.24) is 0 Å². The van der Waals surface area contributed by atoms with E-state index < -0.39 is 25.3 Å². The van der Waals surface area contributed by atoms with E-state index in [0.717, 1.165) is 13.0 Å². The van der Waals surface area contributed by atoms with E-state index in [0.29, 0.717) is 0 Å². The number of ether oxygens (including phenoxy) is 1. The van der Waals surface area contributed by atoms with Crippen molar-refractivity contribution in [1.29, 1.82) is 0 Å². The van der Waals surface area contributed by atoms with Crippen LogP contribution in [0.15, 0.2) is 11.4 Å². The second-order valence-corrected chi connectivity index (χ2v) is 17.8. The molecule has 1 unspecified atom stereocenters. The molecule has 178 valence electrons. The minimum atomic E-state index is -1.91. The van der Waals surface area contributed by atoms with Crippen LogP contribution < -0.4 is 5.19 Å². The number of hydrogen-bond acceptors (Lipinski definition) is 2. The van der Waals surface area contributed by atoms with Gasteiger partial charge in [-0.05, 0) is 32.6 Å². The van der Waals surface area contributed by atoms with Gasteiger partial charge in [-0.25, -0.2) is 0 Å². The molecule has 1 aromatic carbocycles. The van der Waals surface area contributed by atoms with Gasteiger partial charge >= 0.3 is 35.6 Å². The maximum absolute atomic E-state index is 5.86. The molecule has 2 aromatic rings. The van der Waals surface area contributed by atoms with E-state index in [2.05, 4.69) is 73.4 Å². The van der Waals surface area contributed by atoms with Crippen molar-refractivity contribution in [2.24, 2.45) is 0 Å². The van der Waals surface area contributed by atoms with Gasteiger partial charge in [-0.1, -0.05) is 79.4 Å². The van der Waals surface area contributed by atoms with Crippen LogP contribution in [0.2, 0.25) is 12.6 Å². The SMILES string of the molecule is Cc1c(C)[c-]([Si](C)(CCCCCCOC(C)(C)C)[N-]C(C)(C)C)c2sccc12.[Cl][Ti][Cl]. The Bertz CT molecular complexity index is 794. The molecule has 7 heteroatoms. The fourth-order valence-corrected chi connectivity index (χ4v) is 10.6. The van der Waals surface area contributed by atoms with Gasteiger partial charge in [-0.3, -0.25) is 0 Å². The Balaban J connectivity index is 0.00000151. The summed E-state index contributed by atoms with van der Waals surface area (Å²) < 4.78 is 7.37. The third-order valence-corrected chi connectivity index (χ3v) is 10.8. The van der Waals surface area contributed by atoms with Gasteiger partial charge in [-0.2, -0.15) is 33.0 Å². The Morgan fingerprint density at radius 3 is 2.19 bits per heavy atom. The van der Waals surface area contributed by atoms with Gasteiger partial charge in [0.2, 0.25) is 0 Å². The normalized spacial score (nSPS) is 14.3. The summed E-state index contributed by atoms with van der Waals surface area (Å²) in [6, 6.07) is 3.55. The molecule has 0 saturated carbocycles. The van der Waals surface area contributed by atoms with Gasteiger partial charge in [-0.15, -0.1) is 11.6 Å². The van der Waals surface area contributed by atoms with Crippen LogP contribution in [0.5, 0.6) is 0 Å². The molecule has 1 heterocycles. The molecule has 0 aliphatic carbocycles. The van der Waals surface area contributed by atoms with Gasteiger partial charge in [0.1, 0.15) is 0 Å². The van der Waals surface area contributed by atoms with Gasteiger partial charge in [0, 0.05) is 6.61 Å². The molecule has 0 amide bonds. The number of nitrogens with zero attached hydrogens (tertiary/aromatic N) is 1. The van der Waals surface area contributed by atoms with E-state index in [1.807, 2.05) is 11.3 Å². The summed E-state index contributed by atoms with van der Waals surface area (Å²) in [4.78, 5) is 5.50. The summed E-state index contributed by atoms with van der Waals surface area (Å²) in [6.07, 6.45) is 4.97. The number of aryl methyl sites for hydroxylation is 1. The number of thiophene rings is 1. The molecule has 0 aliphatic heterocycles. The van der Waals surface area contributed by atoms with Crippen molar-refractivity contribution in [3.63, 3.8) is 0 Å². The summed E-state index contributed by atoms with van der Waals surface area (Å²) in [5.74, 6) is 0. The Hall–Kier alpha value is 0.741. The van der Waals surface area contributed by atoms with E-state index in [9.17, 15) is 0 Å². The van der Waals surface area contributed by atoms with E-state index >= 15 is 0 Å². The number of unbranched alkanes of at least 4 members (excludes halogenated alkanes) is 3. The first-order chi connectivity index (χ1) is 14.3. The topological polar surface area (TPSA) is 23.3 Å². The Morgan fingerprint density at radius 2 is 1.65 bits per heavy atom. The third-order valence-electron chi connectivity index (χ3n) is 5.45. The molecule has 0 bridgehead atoms. The van der Waals surface area contributed by atoms with E-state index in [4.69, 9.17) is 28.3 Å². The third kappa shape index (κ3) is 9.86. The Morgan fingerprint density at radius 1 is 1.06 bits per heavy atom. The molecule has 0 saturated heterocycles. The van der Waals surface area contributed by atoms with Gasteiger partial charge in [0.15, 0.2) is 0 Å². The van der Waals surface area contributed by atoms with Crippen molar-refractivity contribution < 1.29 is 21.8 Å². The molecule has 1 atom stereocenters. The van der Waals surface area contributed by atoms with Crippen molar-refractivity contribution in [2.75, 3.05) is 6.61 Å². The van der Waals surface area contributed by atoms with Crippen LogP contribution in [0, 0.1) is 13.8 Å². The monoisotopic (exact) mass is 537 g/mol. The van der Waals surface area contributed by atoms with E-state index in [1.54, 1.807) is 5.19 Å². The van der Waals surface area contributed by atoms with Gasteiger partial charge in [0.05, 0.1) is 5.60 Å². The first-order valence-electron chi connectivity index (χ1n) is 11.2. The molecule has 0 aliphatic rings. The summed E-state index contributed by atoms with van der Waals surface area (Å²) in [6.45, 7) is 21.2. The number of rotatable bonds is 9. The number of halogens is 2. The summed E-state index contributed by atoms with van der Waals surface area (Å²) in [5, 5.41) is 5.32. The zero-order valence-corrected chi connectivity index (χ0v) is 25.8. The molecule has 0 N–H and O–H groups in total. The van der Waals surface area contributed by atoms with Crippen LogP contribution in [0.1, 0.15) is 78.4 Å². The van der Waals surface area contributed by atoms with Crippen LogP contribution in [0.4, 0.5) is 0 Å². The Kier molecular flexibility index (Phi) is 12.5. The fraction of sp³-hybridized carbons (Fsp3) is 0.708. The zero-order chi connectivity index (χ0) is 23.9. The van der Waals surface area contributed by atoms with Crippen LogP contribution >= 0.6 is 29.9 Å². The van der Waals surface area contributed by atoms with Gasteiger partial charge in [0.25, 0.3) is 0 Å². The molecular formula is C24H41Cl2NOSSiTi-2. The van der Waals surface area contributed by atoms with Crippen molar-refractivity contribution in [2.45, 2.75) is 105 Å². The molecule has 0 spiro atoms. The second-order valence-electron chi connectivity index (χ2n) is 10.5. The van der Waals surface area contributed by atoms with Gasteiger partial charge < -0.3 is 9.72 Å². The predicted octanol–water partition coefficient (Wildman–Crippen LogP) is 8.94. The molecular weight excluding hydrogens is 497 g/mol. The van der Waals surface area contributed by atoms with E-state index in [-0.39, 0.29) is 11.1 Å². The number of hydrogen-bond donors (Lipinski definition) is 0. The molecule has 31 heavy (non-hydrogen) atoms. The van der Waals surface area contributed by atoms with E-state index in [1.165, 1.54) is 46.5 Å². The standard InChI is InChI=1S/C24H41NOSSi.2ClH.Ti/c1-18-19(2)22(21-20(18)14-16-27-21)28(9,25-23(3,4)5)17-13-11-10-12-15-26-24(6,7)8;;;/h14,16H,10-13,15,17H2,1-9H3;2*1H;/q-2;;;+2/p-2. The average Bonchev–Trinajstić information content (AvgIpc) is 3.15. The molecule has 1 aromatic heterocycles. The molecule has 2 nitrogen and oxygen atoms in total. The summed E-state index contributed by atoms with van der Waals surface area (Å²) in [5.41, 5.74) is 2.97. The van der Waals surface area contributed by atoms with Crippen molar-refractivity contribution in [3.8, 4) is 0 Å². The van der Waals surface area contributed by atoms with Crippen LogP contribution in [0.25, 0.3) is 15.1 Å². The quantitative estimate of drug-likeness (QED) is 0.178. The van der Waals surface area contributed by atoms with Crippen molar-refractivity contribution in [3.05, 3.63) is 27.6 Å². The zero-order valence-electron chi connectivity index (χ0n) is 20.9. The van der Waals surface area contributed by atoms with Crippen LogP contribution in [0.3, 0.4) is 0 Å². The average molecular weight is 539 g/mol. The maximum atomic E-state index is 5.86. The predicted molar refractivity (Wildman–Crippen MR) is 142 cm³/mol. The number of fused-ring (bicyclic) bond motifs is 1. The molecule has 0 radical (unpaired) electrons. The molecule has 2 rings (SSSR count). The second kappa shape index (κ2) is 13.0.